The molecule has 5 heteroatoms. The fraction of sp³-hybridized carbons (Fsp3) is 0.429. The maximum Gasteiger partial charge on any atom is 0.329 e. The molecule has 2 rings (SSSR count). The molecule has 0 bridgehead atoms. The van der Waals surface area contributed by atoms with Gasteiger partial charge in [-0.2, -0.15) is 0 Å². The van der Waals surface area contributed by atoms with Crippen molar-refractivity contribution < 1.29 is 14.7 Å². The lowest BCUT2D eigenvalue weighted by atomic mass is 9.97. The second-order valence-electron chi connectivity index (χ2n) is 4.95. The molecule has 0 aliphatic heterocycles. The van der Waals surface area contributed by atoms with Gasteiger partial charge in [-0.25, -0.2) is 4.79 Å². The summed E-state index contributed by atoms with van der Waals surface area (Å²) in [6.45, 7) is 0. The average Bonchev–Trinajstić information content (AvgIpc) is 2.78. The SMILES string of the molecule is O=C(Cc1cccc(Br)c1)NC1(C(=O)O)CCCC1. The van der Waals surface area contributed by atoms with Crippen molar-refractivity contribution in [3.05, 3.63) is 34.3 Å². The number of hydrogen-bond acceptors (Lipinski definition) is 2. The third-order valence-electron chi connectivity index (χ3n) is 3.50. The van der Waals surface area contributed by atoms with Crippen molar-refractivity contribution in [1.82, 2.24) is 5.32 Å². The normalized spacial score (nSPS) is 17.1. The van der Waals surface area contributed by atoms with Crippen molar-refractivity contribution in [2.24, 2.45) is 0 Å². The smallest absolute Gasteiger partial charge is 0.329 e. The molecular weight excluding hydrogens is 310 g/mol. The van der Waals surface area contributed by atoms with Crippen LogP contribution in [0.3, 0.4) is 0 Å². The Balaban J connectivity index is 2.02. The molecule has 1 aliphatic carbocycles. The highest BCUT2D eigenvalue weighted by Gasteiger charge is 2.42. The molecule has 0 unspecified atom stereocenters. The maximum absolute atomic E-state index is 12.0. The highest BCUT2D eigenvalue weighted by atomic mass is 79.9. The largest absolute Gasteiger partial charge is 0.480 e. The first kappa shape index (κ1) is 14.1. The van der Waals surface area contributed by atoms with E-state index in [1.54, 1.807) is 0 Å². The summed E-state index contributed by atoms with van der Waals surface area (Å²) in [5, 5.41) is 12.0. The van der Waals surface area contributed by atoms with E-state index in [0.717, 1.165) is 22.9 Å². The number of carboxylic acid groups (broad SMARTS) is 1. The first-order valence-corrected chi connectivity index (χ1v) is 7.10. The van der Waals surface area contributed by atoms with Gasteiger partial charge in [-0.1, -0.05) is 40.9 Å². The van der Waals surface area contributed by atoms with Crippen molar-refractivity contribution in [2.75, 3.05) is 0 Å². The second-order valence-corrected chi connectivity index (χ2v) is 5.86. The van der Waals surface area contributed by atoms with Crippen molar-refractivity contribution in [1.29, 1.82) is 0 Å². The van der Waals surface area contributed by atoms with Crippen LogP contribution in [0.4, 0.5) is 0 Å². The monoisotopic (exact) mass is 325 g/mol. The summed E-state index contributed by atoms with van der Waals surface area (Å²) in [5.41, 5.74) is -0.186. The van der Waals surface area contributed by atoms with Gasteiger partial charge in [0.15, 0.2) is 0 Å². The summed E-state index contributed by atoms with van der Waals surface area (Å²) in [4.78, 5) is 23.3. The topological polar surface area (TPSA) is 66.4 Å². The molecule has 0 aromatic heterocycles. The van der Waals surface area contributed by atoms with E-state index >= 15 is 0 Å². The van der Waals surface area contributed by atoms with Crippen LogP contribution in [-0.2, 0) is 16.0 Å². The van der Waals surface area contributed by atoms with Gasteiger partial charge < -0.3 is 10.4 Å². The first-order valence-electron chi connectivity index (χ1n) is 6.31. The third kappa shape index (κ3) is 3.35. The van der Waals surface area contributed by atoms with E-state index in [9.17, 15) is 14.7 Å². The minimum atomic E-state index is -1.05. The number of hydrogen-bond donors (Lipinski definition) is 2. The number of carboxylic acids is 1. The van der Waals surface area contributed by atoms with Crippen molar-refractivity contribution in [3.63, 3.8) is 0 Å². The van der Waals surface area contributed by atoms with Crippen LogP contribution < -0.4 is 5.32 Å². The van der Waals surface area contributed by atoms with Crippen LogP contribution in [0.25, 0.3) is 0 Å². The standard InChI is InChI=1S/C14H16BrNO3/c15-11-5-3-4-10(8-11)9-12(17)16-14(13(18)19)6-1-2-7-14/h3-5,8H,1-2,6-7,9H2,(H,16,17)(H,18,19). The fourth-order valence-corrected chi connectivity index (χ4v) is 2.96. The molecule has 1 saturated carbocycles. The lowest BCUT2D eigenvalue weighted by Gasteiger charge is -2.25. The van der Waals surface area contributed by atoms with Crippen LogP contribution in [-0.4, -0.2) is 22.5 Å². The zero-order valence-electron chi connectivity index (χ0n) is 10.5. The van der Waals surface area contributed by atoms with E-state index in [-0.39, 0.29) is 12.3 Å². The van der Waals surface area contributed by atoms with Crippen LogP contribution in [0.1, 0.15) is 31.2 Å². The van der Waals surface area contributed by atoms with Gasteiger partial charge in [0.05, 0.1) is 6.42 Å². The Hall–Kier alpha value is -1.36. The molecule has 4 nitrogen and oxygen atoms in total. The molecule has 1 aromatic carbocycles. The highest BCUT2D eigenvalue weighted by Crippen LogP contribution is 2.30. The molecule has 0 spiro atoms. The third-order valence-corrected chi connectivity index (χ3v) is 3.99. The number of halogens is 1. The van der Waals surface area contributed by atoms with Gasteiger partial charge in [0, 0.05) is 4.47 Å². The van der Waals surface area contributed by atoms with Gasteiger partial charge in [0.2, 0.25) is 5.91 Å². The predicted molar refractivity (Wildman–Crippen MR) is 74.8 cm³/mol. The number of aliphatic carboxylic acids is 1. The molecule has 0 heterocycles. The van der Waals surface area contributed by atoms with Gasteiger partial charge >= 0.3 is 5.97 Å². The second kappa shape index (κ2) is 5.74. The molecule has 1 amide bonds. The lowest BCUT2D eigenvalue weighted by molar-refractivity contribution is -0.147. The van der Waals surface area contributed by atoms with Crippen molar-refractivity contribution in [2.45, 2.75) is 37.6 Å². The fourth-order valence-electron chi connectivity index (χ4n) is 2.51. The minimum absolute atomic E-state index is 0.203. The Morgan fingerprint density at radius 1 is 1.32 bits per heavy atom. The number of carbonyl (C=O) groups excluding carboxylic acids is 1. The number of rotatable bonds is 4. The Morgan fingerprint density at radius 3 is 2.58 bits per heavy atom. The first-order chi connectivity index (χ1) is 9.02. The highest BCUT2D eigenvalue weighted by molar-refractivity contribution is 9.10. The maximum atomic E-state index is 12.0. The summed E-state index contributed by atoms with van der Waals surface area (Å²) in [5.74, 6) is -1.16. The molecule has 0 atom stereocenters. The molecule has 19 heavy (non-hydrogen) atoms. The Labute approximate surface area is 120 Å². The summed E-state index contributed by atoms with van der Waals surface area (Å²) in [6.07, 6.45) is 2.94. The molecule has 1 fully saturated rings. The van der Waals surface area contributed by atoms with Crippen molar-refractivity contribution >= 4 is 27.8 Å². The number of carbonyl (C=O) groups is 2. The van der Waals surface area contributed by atoms with Gasteiger partial charge in [-0.3, -0.25) is 4.79 Å². The van der Waals surface area contributed by atoms with E-state index < -0.39 is 11.5 Å². The van der Waals surface area contributed by atoms with Gasteiger partial charge in [0.25, 0.3) is 0 Å². The summed E-state index contributed by atoms with van der Waals surface area (Å²) >= 11 is 3.35. The van der Waals surface area contributed by atoms with Crippen LogP contribution in [0, 0.1) is 0 Å². The quantitative estimate of drug-likeness (QED) is 0.893. The van der Waals surface area contributed by atoms with Crippen LogP contribution in [0.2, 0.25) is 0 Å². The number of nitrogens with one attached hydrogen (secondary N) is 1. The Kier molecular flexibility index (Phi) is 4.24. The molecular formula is C14H16BrNO3. The van der Waals surface area contributed by atoms with Gasteiger partial charge in [0.1, 0.15) is 5.54 Å². The summed E-state index contributed by atoms with van der Waals surface area (Å²) in [6, 6.07) is 7.46. The predicted octanol–water partition coefficient (Wildman–Crippen LogP) is 2.51. The molecule has 1 aromatic rings. The van der Waals surface area contributed by atoms with Gasteiger partial charge in [-0.05, 0) is 30.5 Å². The van der Waals surface area contributed by atoms with Crippen molar-refractivity contribution in [3.8, 4) is 0 Å². The van der Waals surface area contributed by atoms with E-state index in [4.69, 9.17) is 0 Å². The lowest BCUT2D eigenvalue weighted by Crippen LogP contribution is -2.52. The molecule has 2 N–H and O–H groups in total. The van der Waals surface area contributed by atoms with Crippen LogP contribution in [0.15, 0.2) is 28.7 Å². The number of amides is 1. The van der Waals surface area contributed by atoms with Crippen LogP contribution in [0.5, 0.6) is 0 Å². The molecule has 0 saturated heterocycles. The number of benzene rings is 1. The molecule has 0 radical (unpaired) electrons. The summed E-state index contributed by atoms with van der Waals surface area (Å²) < 4.78 is 0.909. The van der Waals surface area contributed by atoms with Crippen LogP contribution >= 0.6 is 15.9 Å². The van der Waals surface area contributed by atoms with E-state index in [1.807, 2.05) is 24.3 Å². The van der Waals surface area contributed by atoms with E-state index in [0.29, 0.717) is 12.8 Å². The Morgan fingerprint density at radius 2 is 2.00 bits per heavy atom. The molecule has 1 aliphatic rings. The summed E-state index contributed by atoms with van der Waals surface area (Å²) in [7, 11) is 0. The van der Waals surface area contributed by atoms with E-state index in [1.165, 1.54) is 0 Å². The van der Waals surface area contributed by atoms with Gasteiger partial charge in [-0.15, -0.1) is 0 Å². The molecule has 102 valence electrons. The average molecular weight is 326 g/mol. The Bertz CT molecular complexity index is 495. The minimum Gasteiger partial charge on any atom is -0.480 e. The zero-order valence-corrected chi connectivity index (χ0v) is 12.1. The van der Waals surface area contributed by atoms with E-state index in [2.05, 4.69) is 21.2 Å². The zero-order chi connectivity index (χ0) is 13.9.